The molecule has 188 valence electrons. The molecule has 1 aliphatic rings. The van der Waals surface area contributed by atoms with E-state index in [2.05, 4.69) is 20.9 Å². The van der Waals surface area contributed by atoms with E-state index in [1.54, 1.807) is 6.08 Å². The van der Waals surface area contributed by atoms with Gasteiger partial charge in [-0.05, 0) is 38.5 Å². The molecule has 10 nitrogen and oxygen atoms in total. The number of amides is 3. The SMILES string of the molecule is C/C=C1\NC(=O)c2ccc(F)c(n2)CNC(=O)C[C@@H](/C=C/CCSC(C)=O)OC(=O)[C@@H](C)NC1=O. The Morgan fingerprint density at radius 2 is 2.00 bits per heavy atom. The Morgan fingerprint density at radius 1 is 1.26 bits per heavy atom. The van der Waals surface area contributed by atoms with E-state index in [4.69, 9.17) is 4.74 Å². The molecule has 0 spiro atoms. The summed E-state index contributed by atoms with van der Waals surface area (Å²) in [5.41, 5.74) is -0.475. The maximum atomic E-state index is 14.2. The Balaban J connectivity index is 2.29. The van der Waals surface area contributed by atoms with Gasteiger partial charge in [-0.15, -0.1) is 0 Å². The van der Waals surface area contributed by atoms with Crippen LogP contribution in [0.1, 0.15) is 49.8 Å². The highest BCUT2D eigenvalue weighted by atomic mass is 32.2. The summed E-state index contributed by atoms with van der Waals surface area (Å²) in [5, 5.41) is 7.28. The smallest absolute Gasteiger partial charge is 0.328 e. The van der Waals surface area contributed by atoms with Crippen molar-refractivity contribution in [3.8, 4) is 0 Å². The molecule has 3 N–H and O–H groups in total. The standard InChI is InChI=1S/C23H27FN4O6S/c1-4-17-21(31)26-13(2)23(33)34-15(7-5-6-10-35-14(3)29)11-20(30)25-12-19-16(24)8-9-18(27-19)22(32)28-17/h4-5,7-9,13,15H,6,10-12H2,1-3H3,(H,25,30)(H,26,31)(H,28,32)/b7-5+,17-4-/t13-,15-/m1/s1. The number of ether oxygens (including phenoxy) is 1. The van der Waals surface area contributed by atoms with E-state index in [9.17, 15) is 28.4 Å². The molecule has 2 rings (SSSR count). The van der Waals surface area contributed by atoms with Crippen LogP contribution < -0.4 is 16.0 Å². The van der Waals surface area contributed by atoms with Gasteiger partial charge < -0.3 is 20.7 Å². The van der Waals surface area contributed by atoms with Crippen LogP contribution in [0.3, 0.4) is 0 Å². The van der Waals surface area contributed by atoms with Gasteiger partial charge in [0.1, 0.15) is 29.4 Å². The fraction of sp³-hybridized carbons (Fsp3) is 0.391. The molecule has 0 saturated heterocycles. The van der Waals surface area contributed by atoms with Gasteiger partial charge in [-0.25, -0.2) is 14.2 Å². The van der Waals surface area contributed by atoms with Crippen molar-refractivity contribution in [2.24, 2.45) is 0 Å². The molecule has 0 aliphatic carbocycles. The second-order valence-corrected chi connectivity index (χ2v) is 8.76. The van der Waals surface area contributed by atoms with E-state index < -0.39 is 41.7 Å². The number of hydrogen-bond donors (Lipinski definition) is 3. The van der Waals surface area contributed by atoms with Crippen molar-refractivity contribution < 1.29 is 33.1 Å². The van der Waals surface area contributed by atoms with Gasteiger partial charge in [0, 0.05) is 12.7 Å². The third kappa shape index (κ3) is 8.96. The summed E-state index contributed by atoms with van der Waals surface area (Å²) in [6.45, 7) is 4.06. The van der Waals surface area contributed by atoms with E-state index in [1.165, 1.54) is 32.9 Å². The largest absolute Gasteiger partial charge is 0.456 e. The molecule has 1 aliphatic heterocycles. The molecular weight excluding hydrogens is 479 g/mol. The molecule has 0 radical (unpaired) electrons. The van der Waals surface area contributed by atoms with Crippen LogP contribution in [0, 0.1) is 5.82 Å². The van der Waals surface area contributed by atoms with E-state index in [0.717, 1.165) is 23.9 Å². The normalized spacial score (nSPS) is 21.3. The van der Waals surface area contributed by atoms with Crippen LogP contribution in [0.25, 0.3) is 0 Å². The highest BCUT2D eigenvalue weighted by Crippen LogP contribution is 2.10. The Morgan fingerprint density at radius 3 is 2.69 bits per heavy atom. The summed E-state index contributed by atoms with van der Waals surface area (Å²) in [7, 11) is 0. The number of halogens is 1. The topological polar surface area (TPSA) is 144 Å². The number of fused-ring (bicyclic) bond motifs is 2. The maximum absolute atomic E-state index is 14.2. The Kier molecular flexibility index (Phi) is 10.6. The lowest BCUT2D eigenvalue weighted by molar-refractivity contribution is -0.151. The number of allylic oxidation sites excluding steroid dienone is 2. The first-order valence-corrected chi connectivity index (χ1v) is 11.8. The molecule has 35 heavy (non-hydrogen) atoms. The predicted molar refractivity (Wildman–Crippen MR) is 126 cm³/mol. The molecule has 1 aromatic heterocycles. The minimum absolute atomic E-state index is 0.0277. The Labute approximate surface area is 206 Å². The molecule has 0 fully saturated rings. The predicted octanol–water partition coefficient (Wildman–Crippen LogP) is 1.52. The quantitative estimate of drug-likeness (QED) is 0.241. The third-order valence-electron chi connectivity index (χ3n) is 4.68. The van der Waals surface area contributed by atoms with E-state index in [-0.39, 0.29) is 35.2 Å². The van der Waals surface area contributed by atoms with Crippen LogP contribution in [0.15, 0.2) is 36.1 Å². The van der Waals surface area contributed by atoms with Crippen LogP contribution >= 0.6 is 11.8 Å². The number of thioether (sulfide) groups is 1. The molecule has 0 saturated carbocycles. The first kappa shape index (κ1) is 27.7. The fourth-order valence-corrected chi connectivity index (χ4v) is 3.41. The first-order chi connectivity index (χ1) is 16.6. The van der Waals surface area contributed by atoms with Crippen molar-refractivity contribution >= 4 is 40.6 Å². The average Bonchev–Trinajstić information content (AvgIpc) is 2.80. The van der Waals surface area contributed by atoms with Gasteiger partial charge in [0.2, 0.25) is 5.91 Å². The highest BCUT2D eigenvalue weighted by molar-refractivity contribution is 8.13. The molecular formula is C23H27FN4O6S. The molecule has 2 atom stereocenters. The Bertz CT molecular complexity index is 1060. The average molecular weight is 507 g/mol. The molecule has 0 unspecified atom stereocenters. The number of pyridine rings is 1. The summed E-state index contributed by atoms with van der Waals surface area (Å²) < 4.78 is 19.6. The molecule has 0 aromatic carbocycles. The van der Waals surface area contributed by atoms with Crippen molar-refractivity contribution in [3.05, 3.63) is 53.3 Å². The summed E-state index contributed by atoms with van der Waals surface area (Å²) in [6, 6.07) is 1.09. The molecule has 2 heterocycles. The zero-order chi connectivity index (χ0) is 26.0. The maximum Gasteiger partial charge on any atom is 0.328 e. The molecule has 3 amide bonds. The zero-order valence-corrected chi connectivity index (χ0v) is 20.4. The second kappa shape index (κ2) is 13.4. The van der Waals surface area contributed by atoms with Gasteiger partial charge in [-0.3, -0.25) is 19.2 Å². The molecule has 1 aromatic rings. The van der Waals surface area contributed by atoms with Crippen molar-refractivity contribution in [2.45, 2.75) is 52.3 Å². The van der Waals surface area contributed by atoms with Crippen LogP contribution in [0.5, 0.6) is 0 Å². The lowest BCUT2D eigenvalue weighted by Gasteiger charge is -2.20. The van der Waals surface area contributed by atoms with Gasteiger partial charge in [-0.1, -0.05) is 23.9 Å². The lowest BCUT2D eigenvalue weighted by atomic mass is 10.2. The summed E-state index contributed by atoms with van der Waals surface area (Å²) in [5.74, 6) is -3.08. The number of carbonyl (C=O) groups excluding carboxylic acids is 5. The number of carbonyl (C=O) groups is 5. The summed E-state index contributed by atoms with van der Waals surface area (Å²) in [6.07, 6.45) is 3.79. The fourth-order valence-electron chi connectivity index (χ4n) is 2.87. The summed E-state index contributed by atoms with van der Waals surface area (Å²) >= 11 is 1.14. The van der Waals surface area contributed by atoms with Crippen LogP contribution in [0.4, 0.5) is 4.39 Å². The van der Waals surface area contributed by atoms with Crippen molar-refractivity contribution in [3.63, 3.8) is 0 Å². The Hall–Kier alpha value is -3.54. The number of rotatable bonds is 4. The number of cyclic esters (lactones) is 1. The number of aromatic nitrogens is 1. The monoisotopic (exact) mass is 506 g/mol. The van der Waals surface area contributed by atoms with E-state index in [1.807, 2.05) is 0 Å². The van der Waals surface area contributed by atoms with Crippen molar-refractivity contribution in [2.75, 3.05) is 5.75 Å². The first-order valence-electron chi connectivity index (χ1n) is 10.8. The summed E-state index contributed by atoms with van der Waals surface area (Å²) in [4.78, 5) is 65.1. The number of nitrogens with one attached hydrogen (secondary N) is 3. The van der Waals surface area contributed by atoms with E-state index >= 15 is 0 Å². The van der Waals surface area contributed by atoms with Crippen LogP contribution in [-0.2, 0) is 30.5 Å². The van der Waals surface area contributed by atoms with Gasteiger partial charge in [0.15, 0.2) is 5.12 Å². The van der Waals surface area contributed by atoms with Crippen molar-refractivity contribution in [1.29, 1.82) is 0 Å². The van der Waals surface area contributed by atoms with Gasteiger partial charge in [0.25, 0.3) is 11.8 Å². The van der Waals surface area contributed by atoms with Gasteiger partial charge in [-0.2, -0.15) is 0 Å². The lowest BCUT2D eigenvalue weighted by Crippen LogP contribution is -2.44. The molecule has 2 bridgehead atoms. The third-order valence-corrected chi connectivity index (χ3v) is 5.53. The minimum Gasteiger partial charge on any atom is -0.456 e. The number of esters is 1. The highest BCUT2D eigenvalue weighted by Gasteiger charge is 2.25. The number of nitrogens with zero attached hydrogens (tertiary/aromatic N) is 1. The van der Waals surface area contributed by atoms with Crippen LogP contribution in [-0.4, -0.2) is 51.7 Å². The second-order valence-electron chi connectivity index (χ2n) is 7.49. The van der Waals surface area contributed by atoms with Gasteiger partial charge >= 0.3 is 5.97 Å². The molecule has 12 heteroatoms. The van der Waals surface area contributed by atoms with Crippen LogP contribution in [0.2, 0.25) is 0 Å². The zero-order valence-electron chi connectivity index (χ0n) is 19.6. The minimum atomic E-state index is -1.09. The van der Waals surface area contributed by atoms with E-state index in [0.29, 0.717) is 12.2 Å². The van der Waals surface area contributed by atoms with Crippen molar-refractivity contribution in [1.82, 2.24) is 20.9 Å². The van der Waals surface area contributed by atoms with Gasteiger partial charge in [0.05, 0.1) is 18.7 Å². The number of hydrogen-bond acceptors (Lipinski definition) is 8.